The molecule has 0 saturated carbocycles. The molecule has 30 heavy (non-hydrogen) atoms. The second-order valence-electron chi connectivity index (χ2n) is 9.36. The van der Waals surface area contributed by atoms with Crippen LogP contribution in [0, 0.1) is 0 Å². The van der Waals surface area contributed by atoms with E-state index in [1.54, 1.807) is 6.92 Å². The van der Waals surface area contributed by atoms with Crippen molar-refractivity contribution < 1.29 is 14.7 Å². The summed E-state index contributed by atoms with van der Waals surface area (Å²) in [6.07, 6.45) is 8.13. The van der Waals surface area contributed by atoms with Gasteiger partial charge >= 0.3 is 0 Å². The summed E-state index contributed by atoms with van der Waals surface area (Å²) in [5.74, 6) is 0.0357. The van der Waals surface area contributed by atoms with Gasteiger partial charge in [-0.1, -0.05) is 0 Å². The summed E-state index contributed by atoms with van der Waals surface area (Å²) < 4.78 is 0. The summed E-state index contributed by atoms with van der Waals surface area (Å²) in [6.45, 7) is 5.21. The zero-order chi connectivity index (χ0) is 21.1. The zero-order valence-electron chi connectivity index (χ0n) is 18.1. The number of carbonyl (C=O) groups is 2. The van der Waals surface area contributed by atoms with Crippen molar-refractivity contribution in [2.75, 3.05) is 32.7 Å². The first-order chi connectivity index (χ1) is 14.4. The minimum atomic E-state index is -0.763. The molecule has 2 amide bonds. The number of rotatable bonds is 4. The van der Waals surface area contributed by atoms with Crippen molar-refractivity contribution in [2.24, 2.45) is 0 Å². The van der Waals surface area contributed by atoms with Gasteiger partial charge in [0.15, 0.2) is 5.69 Å². The number of amides is 2. The normalized spacial score (nSPS) is 26.1. The van der Waals surface area contributed by atoms with Gasteiger partial charge in [-0.15, -0.1) is 0 Å². The molecule has 1 aliphatic carbocycles. The lowest BCUT2D eigenvalue weighted by Crippen LogP contribution is -2.50. The second kappa shape index (κ2) is 9.06. The van der Waals surface area contributed by atoms with E-state index in [4.69, 9.17) is 0 Å². The highest BCUT2D eigenvalue weighted by Crippen LogP contribution is 2.28. The predicted octanol–water partition coefficient (Wildman–Crippen LogP) is 1.25. The number of nitrogens with zero attached hydrogens (tertiary/aromatic N) is 3. The van der Waals surface area contributed by atoms with Crippen LogP contribution in [0.1, 0.15) is 73.6 Å². The Morgan fingerprint density at radius 3 is 2.67 bits per heavy atom. The number of aryl methyl sites for hydroxylation is 1. The van der Waals surface area contributed by atoms with Crippen LogP contribution in [-0.4, -0.2) is 81.3 Å². The van der Waals surface area contributed by atoms with Crippen molar-refractivity contribution >= 4 is 11.8 Å². The fraction of sp³-hybridized carbons (Fsp3) is 0.773. The van der Waals surface area contributed by atoms with E-state index in [1.807, 2.05) is 4.90 Å². The van der Waals surface area contributed by atoms with Crippen molar-refractivity contribution in [1.29, 1.82) is 0 Å². The van der Waals surface area contributed by atoms with Crippen LogP contribution in [0.4, 0.5) is 0 Å². The molecule has 1 unspecified atom stereocenters. The van der Waals surface area contributed by atoms with Crippen LogP contribution >= 0.6 is 0 Å². The van der Waals surface area contributed by atoms with Crippen molar-refractivity contribution in [3.05, 3.63) is 17.0 Å². The van der Waals surface area contributed by atoms with Gasteiger partial charge in [-0.3, -0.25) is 14.7 Å². The lowest BCUT2D eigenvalue weighted by molar-refractivity contribution is -0.120. The van der Waals surface area contributed by atoms with Crippen LogP contribution in [0.15, 0.2) is 0 Å². The highest BCUT2D eigenvalue weighted by atomic mass is 16.3. The monoisotopic (exact) mass is 417 g/mol. The molecule has 0 radical (unpaired) electrons. The lowest BCUT2D eigenvalue weighted by atomic mass is 9.93. The van der Waals surface area contributed by atoms with Crippen molar-refractivity contribution in [1.82, 2.24) is 25.3 Å². The number of aliphatic hydroxyl groups is 1. The Labute approximate surface area is 178 Å². The molecular weight excluding hydrogens is 382 g/mol. The van der Waals surface area contributed by atoms with Crippen molar-refractivity contribution in [2.45, 2.75) is 76.4 Å². The van der Waals surface area contributed by atoms with E-state index in [0.29, 0.717) is 38.2 Å². The molecule has 1 aromatic heterocycles. The van der Waals surface area contributed by atoms with Gasteiger partial charge in [-0.05, 0) is 57.8 Å². The molecule has 0 spiro atoms. The Bertz CT molecular complexity index is 771. The summed E-state index contributed by atoms with van der Waals surface area (Å²) >= 11 is 0. The fourth-order valence-corrected chi connectivity index (χ4v) is 5.29. The maximum Gasteiger partial charge on any atom is 0.274 e. The molecule has 0 aromatic carbocycles. The largest absolute Gasteiger partial charge is 0.388 e. The second-order valence-corrected chi connectivity index (χ2v) is 9.36. The number of nitrogens with one attached hydrogen (secondary N) is 2. The minimum absolute atomic E-state index is 0.00905. The number of hydrogen-bond acceptors (Lipinski definition) is 5. The smallest absolute Gasteiger partial charge is 0.274 e. The number of likely N-dealkylation sites (tertiary alicyclic amines) is 2. The third kappa shape index (κ3) is 4.86. The van der Waals surface area contributed by atoms with Gasteiger partial charge in [0, 0.05) is 56.9 Å². The van der Waals surface area contributed by atoms with E-state index in [9.17, 15) is 14.7 Å². The van der Waals surface area contributed by atoms with Gasteiger partial charge in [0.25, 0.3) is 5.91 Å². The maximum absolute atomic E-state index is 13.1. The van der Waals surface area contributed by atoms with Crippen LogP contribution in [0.2, 0.25) is 0 Å². The minimum Gasteiger partial charge on any atom is -0.388 e. The molecule has 1 atom stereocenters. The summed E-state index contributed by atoms with van der Waals surface area (Å²) in [6, 6.07) is 0.246. The Hall–Kier alpha value is -1.93. The van der Waals surface area contributed by atoms with Gasteiger partial charge in [-0.2, -0.15) is 5.10 Å². The molecule has 1 aromatic rings. The Balaban J connectivity index is 1.32. The molecule has 4 rings (SSSR count). The number of hydrogen-bond donors (Lipinski definition) is 3. The Kier molecular flexibility index (Phi) is 6.43. The third-order valence-corrected chi connectivity index (χ3v) is 6.98. The van der Waals surface area contributed by atoms with Gasteiger partial charge < -0.3 is 20.2 Å². The average Bonchev–Trinajstić information content (AvgIpc) is 3.06. The maximum atomic E-state index is 13.1. The van der Waals surface area contributed by atoms with Gasteiger partial charge in [0.05, 0.1) is 5.60 Å². The number of carbonyl (C=O) groups excluding carboxylic acids is 2. The number of aromatic nitrogens is 2. The van der Waals surface area contributed by atoms with Crippen LogP contribution in [0.5, 0.6) is 0 Å². The van der Waals surface area contributed by atoms with E-state index < -0.39 is 5.60 Å². The van der Waals surface area contributed by atoms with Gasteiger partial charge in [0.2, 0.25) is 5.91 Å². The van der Waals surface area contributed by atoms with Crippen LogP contribution in [0.3, 0.4) is 0 Å². The third-order valence-electron chi connectivity index (χ3n) is 6.98. The van der Waals surface area contributed by atoms with Crippen LogP contribution in [0.25, 0.3) is 0 Å². The van der Waals surface area contributed by atoms with E-state index in [0.717, 1.165) is 69.3 Å². The summed E-state index contributed by atoms with van der Waals surface area (Å²) in [5, 5.41) is 21.7. The molecule has 2 saturated heterocycles. The van der Waals surface area contributed by atoms with Crippen LogP contribution in [-0.2, 0) is 17.6 Å². The highest BCUT2D eigenvalue weighted by Gasteiger charge is 2.35. The molecule has 8 nitrogen and oxygen atoms in total. The van der Waals surface area contributed by atoms with Gasteiger partial charge in [0.1, 0.15) is 0 Å². The first kappa shape index (κ1) is 21.3. The topological polar surface area (TPSA) is 102 Å². The number of aromatic amines is 1. The molecule has 3 N–H and O–H groups in total. The molecule has 0 bridgehead atoms. The zero-order valence-corrected chi connectivity index (χ0v) is 18.1. The number of fused-ring (bicyclic) bond motifs is 1. The Morgan fingerprint density at radius 2 is 1.90 bits per heavy atom. The predicted molar refractivity (Wildman–Crippen MR) is 113 cm³/mol. The highest BCUT2D eigenvalue weighted by molar-refractivity contribution is 5.94. The first-order valence-corrected chi connectivity index (χ1v) is 11.5. The fourth-order valence-electron chi connectivity index (χ4n) is 5.29. The van der Waals surface area contributed by atoms with Crippen molar-refractivity contribution in [3.63, 3.8) is 0 Å². The standard InChI is InChI=1S/C22H35N5O3/c1-16(28)23-17-7-12-26(13-8-17)15-22(30)9-4-11-27(14-10-22)21(29)20-18-5-2-3-6-19(18)24-25-20/h17,30H,2-15H2,1H3,(H,23,28)(H,24,25). The number of β-amino-alcohol motifs (C(OH)–C–C–N with tert-alkyl or cyclic N) is 1. The molecular formula is C22H35N5O3. The van der Waals surface area contributed by atoms with E-state index in [-0.39, 0.29) is 17.9 Å². The molecule has 2 fully saturated rings. The van der Waals surface area contributed by atoms with E-state index in [1.165, 1.54) is 0 Å². The molecule has 166 valence electrons. The molecule has 3 aliphatic rings. The molecule has 8 heteroatoms. The first-order valence-electron chi connectivity index (χ1n) is 11.5. The van der Waals surface area contributed by atoms with Crippen molar-refractivity contribution in [3.8, 4) is 0 Å². The molecule has 3 heterocycles. The van der Waals surface area contributed by atoms with Crippen LogP contribution < -0.4 is 5.32 Å². The van der Waals surface area contributed by atoms with Gasteiger partial charge in [-0.25, -0.2) is 0 Å². The Morgan fingerprint density at radius 1 is 1.13 bits per heavy atom. The van der Waals surface area contributed by atoms with E-state index >= 15 is 0 Å². The average molecular weight is 418 g/mol. The van der Waals surface area contributed by atoms with E-state index in [2.05, 4.69) is 20.4 Å². The summed E-state index contributed by atoms with van der Waals surface area (Å²) in [7, 11) is 0. The SMILES string of the molecule is CC(=O)NC1CCN(CC2(O)CCCN(C(=O)c3n[nH]c4c3CCCC4)CC2)CC1. The summed E-state index contributed by atoms with van der Waals surface area (Å²) in [4.78, 5) is 28.6. The lowest BCUT2D eigenvalue weighted by Gasteiger charge is -2.38. The quantitative estimate of drug-likeness (QED) is 0.684. The molecule has 2 aliphatic heterocycles. The number of H-pyrrole nitrogens is 1. The number of piperidine rings is 1. The summed E-state index contributed by atoms with van der Waals surface area (Å²) in [5.41, 5.74) is 2.06.